The Hall–Kier alpha value is -3.26. The standard InChI is InChI=1S/C16H12N4O3S/c21-15(9-6-11-4-2-1-3-5-11)18-19-16-17-13-8-7-12(20(22)23)10-14(13)24-16/h1-10H,(H,17,19)(H,18,21)/b9-6+. The van der Waals surface area contributed by atoms with Crippen molar-refractivity contribution in [1.82, 2.24) is 10.4 Å². The van der Waals surface area contributed by atoms with Gasteiger partial charge < -0.3 is 0 Å². The number of aromatic nitrogens is 1. The van der Waals surface area contributed by atoms with Gasteiger partial charge in [0.25, 0.3) is 11.6 Å². The lowest BCUT2D eigenvalue weighted by Gasteiger charge is -2.01. The number of thiazole rings is 1. The molecule has 0 unspecified atom stereocenters. The number of non-ortho nitro benzene ring substituents is 1. The molecule has 0 bridgehead atoms. The highest BCUT2D eigenvalue weighted by Gasteiger charge is 2.10. The number of hydrogen-bond donors (Lipinski definition) is 2. The van der Waals surface area contributed by atoms with Crippen LogP contribution in [-0.2, 0) is 4.79 Å². The van der Waals surface area contributed by atoms with Gasteiger partial charge in [0, 0.05) is 18.2 Å². The minimum absolute atomic E-state index is 0.00697. The third-order valence-corrected chi connectivity index (χ3v) is 4.04. The number of amides is 1. The van der Waals surface area contributed by atoms with E-state index < -0.39 is 4.92 Å². The van der Waals surface area contributed by atoms with E-state index in [1.807, 2.05) is 30.3 Å². The highest BCUT2D eigenvalue weighted by molar-refractivity contribution is 7.22. The zero-order valence-electron chi connectivity index (χ0n) is 12.3. The molecule has 0 atom stereocenters. The van der Waals surface area contributed by atoms with E-state index in [9.17, 15) is 14.9 Å². The van der Waals surface area contributed by atoms with E-state index in [0.29, 0.717) is 15.3 Å². The van der Waals surface area contributed by atoms with Crippen LogP contribution in [0.4, 0.5) is 10.8 Å². The summed E-state index contributed by atoms with van der Waals surface area (Å²) in [5, 5.41) is 11.2. The maximum absolute atomic E-state index is 11.8. The normalized spacial score (nSPS) is 10.8. The number of hydrogen-bond acceptors (Lipinski definition) is 6. The number of hydrazine groups is 1. The SMILES string of the molecule is O=C(/C=C/c1ccccc1)NNc1nc2ccc([N+](=O)[O-])cc2s1. The Kier molecular flexibility index (Phi) is 4.48. The van der Waals surface area contributed by atoms with Gasteiger partial charge in [-0.2, -0.15) is 0 Å². The predicted molar refractivity (Wildman–Crippen MR) is 93.5 cm³/mol. The molecule has 2 aromatic carbocycles. The lowest BCUT2D eigenvalue weighted by atomic mass is 10.2. The van der Waals surface area contributed by atoms with Crippen molar-refractivity contribution in [2.24, 2.45) is 0 Å². The number of anilines is 1. The molecule has 8 heteroatoms. The van der Waals surface area contributed by atoms with Gasteiger partial charge in [0.15, 0.2) is 0 Å². The van der Waals surface area contributed by atoms with Gasteiger partial charge in [-0.05, 0) is 17.7 Å². The number of rotatable bonds is 5. The maximum Gasteiger partial charge on any atom is 0.270 e. The highest BCUT2D eigenvalue weighted by Crippen LogP contribution is 2.28. The summed E-state index contributed by atoms with van der Waals surface area (Å²) in [5.41, 5.74) is 6.76. The molecule has 0 saturated heterocycles. The topological polar surface area (TPSA) is 97.2 Å². The van der Waals surface area contributed by atoms with Gasteiger partial charge in [-0.15, -0.1) is 0 Å². The number of fused-ring (bicyclic) bond motifs is 1. The second-order valence-electron chi connectivity index (χ2n) is 4.79. The van der Waals surface area contributed by atoms with Crippen LogP contribution in [0, 0.1) is 10.1 Å². The molecule has 3 rings (SSSR count). The van der Waals surface area contributed by atoms with E-state index >= 15 is 0 Å². The predicted octanol–water partition coefficient (Wildman–Crippen LogP) is 3.36. The fourth-order valence-corrected chi connectivity index (χ4v) is 2.83. The third-order valence-electron chi connectivity index (χ3n) is 3.10. The summed E-state index contributed by atoms with van der Waals surface area (Å²) >= 11 is 1.22. The summed E-state index contributed by atoms with van der Waals surface area (Å²) in [4.78, 5) is 26.3. The molecule has 0 aliphatic rings. The summed E-state index contributed by atoms with van der Waals surface area (Å²) in [5.74, 6) is -0.330. The van der Waals surface area contributed by atoms with E-state index in [1.54, 1.807) is 12.1 Å². The van der Waals surface area contributed by atoms with Crippen LogP contribution in [0.15, 0.2) is 54.6 Å². The first kappa shape index (κ1) is 15.6. The molecule has 2 N–H and O–H groups in total. The van der Waals surface area contributed by atoms with Crippen molar-refractivity contribution >= 4 is 44.4 Å². The van der Waals surface area contributed by atoms with Gasteiger partial charge in [-0.1, -0.05) is 41.7 Å². The third kappa shape index (κ3) is 3.73. The molecule has 0 aliphatic carbocycles. The van der Waals surface area contributed by atoms with E-state index in [4.69, 9.17) is 0 Å². The molecule has 120 valence electrons. The molecule has 0 spiro atoms. The van der Waals surface area contributed by atoms with Crippen molar-refractivity contribution in [2.45, 2.75) is 0 Å². The van der Waals surface area contributed by atoms with Gasteiger partial charge in [-0.3, -0.25) is 25.8 Å². The van der Waals surface area contributed by atoms with E-state index in [-0.39, 0.29) is 11.6 Å². The average Bonchev–Trinajstić information content (AvgIpc) is 3.01. The highest BCUT2D eigenvalue weighted by atomic mass is 32.1. The zero-order chi connectivity index (χ0) is 16.9. The summed E-state index contributed by atoms with van der Waals surface area (Å²) in [6.45, 7) is 0. The lowest BCUT2D eigenvalue weighted by molar-refractivity contribution is -0.384. The smallest absolute Gasteiger partial charge is 0.270 e. The molecule has 0 radical (unpaired) electrons. The minimum atomic E-state index is -0.456. The van der Waals surface area contributed by atoms with Crippen LogP contribution in [0.1, 0.15) is 5.56 Å². The summed E-state index contributed by atoms with van der Waals surface area (Å²) in [6.07, 6.45) is 3.10. The molecule has 0 aliphatic heterocycles. The number of carbonyl (C=O) groups excluding carboxylic acids is 1. The Bertz CT molecular complexity index is 921. The summed E-state index contributed by atoms with van der Waals surface area (Å²) < 4.78 is 0.667. The first-order chi connectivity index (χ1) is 11.6. The van der Waals surface area contributed by atoms with Crippen molar-refractivity contribution in [3.63, 3.8) is 0 Å². The Balaban J connectivity index is 1.64. The lowest BCUT2D eigenvalue weighted by Crippen LogP contribution is -2.27. The van der Waals surface area contributed by atoms with Gasteiger partial charge in [0.2, 0.25) is 5.13 Å². The van der Waals surface area contributed by atoms with Crippen LogP contribution in [0.25, 0.3) is 16.3 Å². The number of nitrogens with one attached hydrogen (secondary N) is 2. The van der Waals surface area contributed by atoms with Gasteiger partial charge in [0.05, 0.1) is 15.1 Å². The number of nitro benzene ring substituents is 1. The van der Waals surface area contributed by atoms with Crippen LogP contribution in [0.5, 0.6) is 0 Å². The zero-order valence-corrected chi connectivity index (χ0v) is 13.1. The van der Waals surface area contributed by atoms with Gasteiger partial charge >= 0.3 is 0 Å². The molecule has 7 nitrogen and oxygen atoms in total. The van der Waals surface area contributed by atoms with E-state index in [1.165, 1.54) is 29.5 Å². The number of nitro groups is 1. The first-order valence-electron chi connectivity index (χ1n) is 6.96. The van der Waals surface area contributed by atoms with Crippen molar-refractivity contribution in [3.8, 4) is 0 Å². The Morgan fingerprint density at radius 2 is 2.00 bits per heavy atom. The van der Waals surface area contributed by atoms with Crippen LogP contribution >= 0.6 is 11.3 Å². The number of benzene rings is 2. The van der Waals surface area contributed by atoms with Crippen LogP contribution < -0.4 is 10.9 Å². The van der Waals surface area contributed by atoms with Crippen molar-refractivity contribution in [2.75, 3.05) is 5.43 Å². The quantitative estimate of drug-likeness (QED) is 0.422. The van der Waals surface area contributed by atoms with Crippen LogP contribution in [0.2, 0.25) is 0 Å². The van der Waals surface area contributed by atoms with Crippen molar-refractivity contribution < 1.29 is 9.72 Å². The fraction of sp³-hybridized carbons (Fsp3) is 0. The van der Waals surface area contributed by atoms with E-state index in [2.05, 4.69) is 15.8 Å². The van der Waals surface area contributed by atoms with Gasteiger partial charge in [0.1, 0.15) is 0 Å². The van der Waals surface area contributed by atoms with Crippen molar-refractivity contribution in [1.29, 1.82) is 0 Å². The largest absolute Gasteiger partial charge is 0.273 e. The molecule has 1 amide bonds. The molecular weight excluding hydrogens is 328 g/mol. The molecule has 0 saturated carbocycles. The van der Waals surface area contributed by atoms with Crippen molar-refractivity contribution in [3.05, 3.63) is 70.3 Å². The minimum Gasteiger partial charge on any atom is -0.273 e. The van der Waals surface area contributed by atoms with Crippen LogP contribution in [0.3, 0.4) is 0 Å². The molecular formula is C16H12N4O3S. The molecule has 0 fully saturated rings. The Morgan fingerprint density at radius 1 is 1.21 bits per heavy atom. The number of carbonyl (C=O) groups is 1. The molecule has 3 aromatic rings. The fourth-order valence-electron chi connectivity index (χ4n) is 1.97. The Labute approximate surface area is 140 Å². The van der Waals surface area contributed by atoms with Crippen LogP contribution in [-0.4, -0.2) is 15.8 Å². The number of nitrogens with zero attached hydrogens (tertiary/aromatic N) is 2. The summed E-state index contributed by atoms with van der Waals surface area (Å²) in [6, 6.07) is 13.9. The summed E-state index contributed by atoms with van der Waals surface area (Å²) in [7, 11) is 0. The molecule has 1 heterocycles. The second kappa shape index (κ2) is 6.88. The Morgan fingerprint density at radius 3 is 2.75 bits per heavy atom. The first-order valence-corrected chi connectivity index (χ1v) is 7.77. The molecule has 24 heavy (non-hydrogen) atoms. The van der Waals surface area contributed by atoms with Gasteiger partial charge in [-0.25, -0.2) is 4.98 Å². The van der Waals surface area contributed by atoms with E-state index in [0.717, 1.165) is 5.56 Å². The molecule has 1 aromatic heterocycles. The average molecular weight is 340 g/mol. The maximum atomic E-state index is 11.8. The second-order valence-corrected chi connectivity index (χ2v) is 5.82. The monoisotopic (exact) mass is 340 g/mol.